The van der Waals surface area contributed by atoms with Gasteiger partial charge in [0.05, 0.1) is 17.4 Å². The molecule has 1 unspecified atom stereocenters. The van der Waals surface area contributed by atoms with E-state index in [2.05, 4.69) is 0 Å². The summed E-state index contributed by atoms with van der Waals surface area (Å²) in [5, 5.41) is 17.5. The largest absolute Gasteiger partial charge is 0.396 e. The standard InChI is InChI=1S/C8H14Cl2O3/c9-5-7(13)4-8(10,6-12)2-1-3-11/h11-12H,1-6H2. The topological polar surface area (TPSA) is 57.5 Å². The molecule has 0 aromatic carbocycles. The highest BCUT2D eigenvalue weighted by atomic mass is 35.5. The van der Waals surface area contributed by atoms with Gasteiger partial charge in [-0.25, -0.2) is 0 Å². The zero-order valence-corrected chi connectivity index (χ0v) is 8.81. The highest BCUT2D eigenvalue weighted by Crippen LogP contribution is 2.25. The first-order chi connectivity index (χ1) is 6.08. The van der Waals surface area contributed by atoms with Crippen LogP contribution in [0.15, 0.2) is 0 Å². The van der Waals surface area contributed by atoms with Crippen molar-refractivity contribution < 1.29 is 15.0 Å². The van der Waals surface area contributed by atoms with Crippen LogP contribution in [0.1, 0.15) is 19.3 Å². The van der Waals surface area contributed by atoms with Crippen LogP contribution in [0.4, 0.5) is 0 Å². The average molecular weight is 229 g/mol. The van der Waals surface area contributed by atoms with Gasteiger partial charge in [-0.3, -0.25) is 4.79 Å². The SMILES string of the molecule is O=C(CCl)CC(Cl)(CO)CCCO. The van der Waals surface area contributed by atoms with Crippen LogP contribution in [0.3, 0.4) is 0 Å². The summed E-state index contributed by atoms with van der Waals surface area (Å²) in [5.41, 5.74) is 0. The summed E-state index contributed by atoms with van der Waals surface area (Å²) in [4.78, 5) is 10.0. The monoisotopic (exact) mass is 228 g/mol. The molecule has 13 heavy (non-hydrogen) atoms. The van der Waals surface area contributed by atoms with Crippen molar-refractivity contribution in [2.75, 3.05) is 19.1 Å². The van der Waals surface area contributed by atoms with Crippen molar-refractivity contribution in [3.63, 3.8) is 0 Å². The lowest BCUT2D eigenvalue weighted by atomic mass is 9.97. The number of aliphatic hydroxyl groups is 2. The molecule has 0 aliphatic rings. The van der Waals surface area contributed by atoms with E-state index in [1.54, 1.807) is 0 Å². The maximum atomic E-state index is 11.0. The number of halogens is 2. The normalized spacial score (nSPS) is 15.4. The maximum absolute atomic E-state index is 11.0. The van der Waals surface area contributed by atoms with E-state index < -0.39 is 4.87 Å². The molecule has 3 nitrogen and oxygen atoms in total. The van der Waals surface area contributed by atoms with Crippen LogP contribution >= 0.6 is 23.2 Å². The van der Waals surface area contributed by atoms with E-state index in [4.69, 9.17) is 33.4 Å². The Morgan fingerprint density at radius 2 is 2.00 bits per heavy atom. The Hall–Kier alpha value is 0.170. The molecule has 0 spiro atoms. The second kappa shape index (κ2) is 6.60. The van der Waals surface area contributed by atoms with E-state index in [0.717, 1.165) is 0 Å². The first-order valence-electron chi connectivity index (χ1n) is 4.06. The van der Waals surface area contributed by atoms with Crippen LogP contribution in [-0.4, -0.2) is 40.0 Å². The lowest BCUT2D eigenvalue weighted by molar-refractivity contribution is -0.117. The van der Waals surface area contributed by atoms with Gasteiger partial charge in [-0.2, -0.15) is 0 Å². The number of carbonyl (C=O) groups excluding carboxylic acids is 1. The molecule has 0 heterocycles. The van der Waals surface area contributed by atoms with E-state index in [1.165, 1.54) is 0 Å². The number of alkyl halides is 2. The fourth-order valence-electron chi connectivity index (χ4n) is 1.02. The van der Waals surface area contributed by atoms with Gasteiger partial charge >= 0.3 is 0 Å². The fraction of sp³-hybridized carbons (Fsp3) is 0.875. The molecule has 0 rings (SSSR count). The first-order valence-corrected chi connectivity index (χ1v) is 4.97. The van der Waals surface area contributed by atoms with Crippen LogP contribution < -0.4 is 0 Å². The van der Waals surface area contributed by atoms with E-state index in [-0.39, 0.29) is 31.3 Å². The molecular formula is C8H14Cl2O3. The Balaban J connectivity index is 4.02. The Morgan fingerprint density at radius 3 is 2.38 bits per heavy atom. The number of rotatable bonds is 7. The number of carbonyl (C=O) groups is 1. The number of Topliss-reactive ketones (excluding diaryl/α,β-unsaturated/α-hetero) is 1. The summed E-state index contributed by atoms with van der Waals surface area (Å²) in [6.45, 7) is -0.277. The van der Waals surface area contributed by atoms with Crippen molar-refractivity contribution >= 4 is 29.0 Å². The zero-order valence-electron chi connectivity index (χ0n) is 7.30. The van der Waals surface area contributed by atoms with Crippen molar-refractivity contribution in [3.8, 4) is 0 Å². The molecule has 0 fully saturated rings. The van der Waals surface area contributed by atoms with Gasteiger partial charge in [0.25, 0.3) is 0 Å². The molecule has 0 saturated carbocycles. The quantitative estimate of drug-likeness (QED) is 0.638. The second-order valence-electron chi connectivity index (χ2n) is 2.99. The van der Waals surface area contributed by atoms with Gasteiger partial charge < -0.3 is 10.2 Å². The lowest BCUT2D eigenvalue weighted by Gasteiger charge is -2.22. The third kappa shape index (κ3) is 5.47. The second-order valence-corrected chi connectivity index (χ2v) is 4.05. The highest BCUT2D eigenvalue weighted by molar-refractivity contribution is 6.30. The Bertz CT molecular complexity index is 163. The van der Waals surface area contributed by atoms with Gasteiger partial charge in [0.15, 0.2) is 0 Å². The lowest BCUT2D eigenvalue weighted by Crippen LogP contribution is -2.30. The molecule has 0 aliphatic heterocycles. The van der Waals surface area contributed by atoms with Crippen LogP contribution in [0, 0.1) is 0 Å². The van der Waals surface area contributed by atoms with Gasteiger partial charge in [-0.1, -0.05) is 0 Å². The minimum atomic E-state index is -0.950. The smallest absolute Gasteiger partial charge is 0.149 e. The molecule has 0 aromatic rings. The first kappa shape index (κ1) is 13.2. The molecule has 0 amide bonds. The van der Waals surface area contributed by atoms with Gasteiger partial charge in [0, 0.05) is 13.0 Å². The molecule has 0 bridgehead atoms. The predicted molar refractivity (Wildman–Crippen MR) is 52.3 cm³/mol. The summed E-state index contributed by atoms with van der Waals surface area (Å²) in [6, 6.07) is 0. The van der Waals surface area contributed by atoms with Crippen molar-refractivity contribution in [2.24, 2.45) is 0 Å². The molecule has 2 N–H and O–H groups in total. The number of hydrogen-bond donors (Lipinski definition) is 2. The van der Waals surface area contributed by atoms with Crippen molar-refractivity contribution in [3.05, 3.63) is 0 Å². The summed E-state index contributed by atoms with van der Waals surface area (Å²) < 4.78 is 0. The Kier molecular flexibility index (Phi) is 6.68. The number of ketones is 1. The molecule has 0 radical (unpaired) electrons. The maximum Gasteiger partial charge on any atom is 0.149 e. The van der Waals surface area contributed by atoms with Crippen LogP contribution in [0.2, 0.25) is 0 Å². The highest BCUT2D eigenvalue weighted by Gasteiger charge is 2.28. The van der Waals surface area contributed by atoms with Crippen molar-refractivity contribution in [2.45, 2.75) is 24.1 Å². The number of hydrogen-bond acceptors (Lipinski definition) is 3. The summed E-state index contributed by atoms with van der Waals surface area (Å²) in [7, 11) is 0. The van der Waals surface area contributed by atoms with E-state index in [1.807, 2.05) is 0 Å². The third-order valence-corrected chi connectivity index (χ3v) is 2.47. The number of aliphatic hydroxyl groups excluding tert-OH is 2. The van der Waals surface area contributed by atoms with Crippen molar-refractivity contribution in [1.82, 2.24) is 0 Å². The molecule has 78 valence electrons. The average Bonchev–Trinajstić information content (AvgIpc) is 2.14. The van der Waals surface area contributed by atoms with Crippen LogP contribution in [-0.2, 0) is 4.79 Å². The molecule has 0 saturated heterocycles. The van der Waals surface area contributed by atoms with Gasteiger partial charge in [-0.05, 0) is 12.8 Å². The third-order valence-electron chi connectivity index (χ3n) is 1.73. The summed E-state index contributed by atoms with van der Waals surface area (Å²) in [6.07, 6.45) is 0.929. The molecular weight excluding hydrogens is 215 g/mol. The van der Waals surface area contributed by atoms with Crippen LogP contribution in [0.25, 0.3) is 0 Å². The molecule has 0 aliphatic carbocycles. The van der Waals surface area contributed by atoms with Gasteiger partial charge in [0.2, 0.25) is 0 Å². The predicted octanol–water partition coefficient (Wildman–Crippen LogP) is 0.927. The van der Waals surface area contributed by atoms with Gasteiger partial charge in [0.1, 0.15) is 5.78 Å². The molecule has 5 heteroatoms. The Labute approximate surface area is 87.7 Å². The van der Waals surface area contributed by atoms with E-state index in [9.17, 15) is 4.79 Å². The summed E-state index contributed by atoms with van der Waals surface area (Å²) >= 11 is 11.2. The molecule has 1 atom stereocenters. The minimum Gasteiger partial charge on any atom is -0.396 e. The van der Waals surface area contributed by atoms with E-state index in [0.29, 0.717) is 12.8 Å². The zero-order chi connectivity index (χ0) is 10.3. The Morgan fingerprint density at radius 1 is 1.38 bits per heavy atom. The van der Waals surface area contributed by atoms with Crippen molar-refractivity contribution in [1.29, 1.82) is 0 Å². The van der Waals surface area contributed by atoms with E-state index >= 15 is 0 Å². The fourth-order valence-corrected chi connectivity index (χ4v) is 1.40. The van der Waals surface area contributed by atoms with Crippen LogP contribution in [0.5, 0.6) is 0 Å². The van der Waals surface area contributed by atoms with Gasteiger partial charge in [-0.15, -0.1) is 23.2 Å². The summed E-state index contributed by atoms with van der Waals surface area (Å²) in [5.74, 6) is -0.281. The minimum absolute atomic E-state index is 0.00351. The molecule has 0 aromatic heterocycles.